The van der Waals surface area contributed by atoms with E-state index in [9.17, 15) is 0 Å². The van der Waals surface area contributed by atoms with Crippen LogP contribution in [0.1, 0.15) is 12.5 Å². The molecule has 0 radical (unpaired) electrons. The van der Waals surface area contributed by atoms with E-state index in [0.29, 0.717) is 11.8 Å². The number of nitrogens with two attached hydrogens (primary N) is 1. The predicted octanol–water partition coefficient (Wildman–Crippen LogP) is 3.14. The average molecular weight is 321 g/mol. The Bertz CT molecular complexity index is 803. The maximum atomic E-state index is 6.03. The molecule has 1 heterocycles. The van der Waals surface area contributed by atoms with Crippen LogP contribution in [-0.4, -0.2) is 34.5 Å². The van der Waals surface area contributed by atoms with Gasteiger partial charge in [-0.05, 0) is 31.7 Å². The number of hydrogen-bond acceptors (Lipinski definition) is 5. The molecule has 5 nitrogen and oxygen atoms in total. The number of para-hydroxylation sites is 1. The summed E-state index contributed by atoms with van der Waals surface area (Å²) in [5.74, 6) is 1.08. The molecule has 3 N–H and O–H groups in total. The second-order valence-corrected chi connectivity index (χ2v) is 6.18. The van der Waals surface area contributed by atoms with Gasteiger partial charge in [0.25, 0.3) is 0 Å². The molecule has 0 spiro atoms. The smallest absolute Gasteiger partial charge is 0.225 e. The van der Waals surface area contributed by atoms with Crippen LogP contribution in [0.2, 0.25) is 0 Å². The molecular weight excluding hydrogens is 298 g/mol. The summed E-state index contributed by atoms with van der Waals surface area (Å²) in [4.78, 5) is 11.2. The fraction of sp³-hybridized carbons (Fsp3) is 0.263. The third kappa shape index (κ3) is 4.00. The van der Waals surface area contributed by atoms with Crippen molar-refractivity contribution in [1.82, 2.24) is 14.9 Å². The predicted molar refractivity (Wildman–Crippen MR) is 99.8 cm³/mol. The first kappa shape index (κ1) is 16.2. The number of nitrogens with one attached hydrogen (secondary N) is 1. The largest absolute Gasteiger partial charge is 0.383 e. The van der Waals surface area contributed by atoms with E-state index in [1.807, 2.05) is 30.3 Å². The van der Waals surface area contributed by atoms with Crippen molar-refractivity contribution in [1.29, 1.82) is 0 Å². The molecule has 0 unspecified atom stereocenters. The van der Waals surface area contributed by atoms with Crippen LogP contribution >= 0.6 is 0 Å². The van der Waals surface area contributed by atoms with Crippen LogP contribution in [0.15, 0.2) is 54.6 Å². The minimum Gasteiger partial charge on any atom is -0.383 e. The lowest BCUT2D eigenvalue weighted by molar-refractivity contribution is 0.316. The highest BCUT2D eigenvalue weighted by Crippen LogP contribution is 2.19. The number of anilines is 2. The third-order valence-corrected chi connectivity index (χ3v) is 3.89. The number of aromatic nitrogens is 2. The van der Waals surface area contributed by atoms with Gasteiger partial charge in [0.1, 0.15) is 5.82 Å². The van der Waals surface area contributed by atoms with Gasteiger partial charge < -0.3 is 16.0 Å². The number of hydrogen-bond donors (Lipinski definition) is 2. The van der Waals surface area contributed by atoms with E-state index in [2.05, 4.69) is 58.4 Å². The quantitative estimate of drug-likeness (QED) is 0.730. The van der Waals surface area contributed by atoms with Gasteiger partial charge in [0.05, 0.1) is 5.52 Å². The molecule has 0 fully saturated rings. The van der Waals surface area contributed by atoms with Crippen molar-refractivity contribution in [3.8, 4) is 0 Å². The lowest BCUT2D eigenvalue weighted by Gasteiger charge is -2.22. The Morgan fingerprint density at radius 3 is 2.54 bits per heavy atom. The van der Waals surface area contributed by atoms with E-state index in [4.69, 9.17) is 5.73 Å². The van der Waals surface area contributed by atoms with Gasteiger partial charge in [-0.2, -0.15) is 4.98 Å². The zero-order chi connectivity index (χ0) is 16.9. The van der Waals surface area contributed by atoms with Crippen molar-refractivity contribution in [2.24, 2.45) is 0 Å². The first-order chi connectivity index (χ1) is 11.6. The third-order valence-electron chi connectivity index (χ3n) is 3.89. The van der Waals surface area contributed by atoms with Gasteiger partial charge in [-0.15, -0.1) is 0 Å². The number of rotatable bonds is 6. The first-order valence-corrected chi connectivity index (χ1v) is 8.13. The highest BCUT2D eigenvalue weighted by Gasteiger charge is 2.10. The molecule has 0 aliphatic carbocycles. The van der Waals surface area contributed by atoms with Crippen molar-refractivity contribution >= 4 is 22.7 Å². The Kier molecular flexibility index (Phi) is 4.91. The summed E-state index contributed by atoms with van der Waals surface area (Å²) < 4.78 is 0. The Labute approximate surface area is 142 Å². The van der Waals surface area contributed by atoms with Crippen molar-refractivity contribution in [2.75, 3.05) is 24.6 Å². The summed E-state index contributed by atoms with van der Waals surface area (Å²) in [6, 6.07) is 18.4. The summed E-state index contributed by atoms with van der Waals surface area (Å²) in [6.07, 6.45) is 0. The topological polar surface area (TPSA) is 67.1 Å². The van der Waals surface area contributed by atoms with Gasteiger partial charge in [-0.3, -0.25) is 0 Å². The van der Waals surface area contributed by atoms with Crippen LogP contribution in [0, 0.1) is 0 Å². The van der Waals surface area contributed by atoms with Gasteiger partial charge in [-0.25, -0.2) is 4.98 Å². The fourth-order valence-corrected chi connectivity index (χ4v) is 2.86. The molecule has 0 aliphatic rings. The minimum atomic E-state index is 0.208. The van der Waals surface area contributed by atoms with Crippen molar-refractivity contribution in [3.05, 3.63) is 60.2 Å². The SMILES string of the molecule is C[C@@H](CN(C)Cc1ccccc1)Nc1nc(N)c2ccccc2n1. The monoisotopic (exact) mass is 321 g/mol. The second-order valence-electron chi connectivity index (χ2n) is 6.18. The van der Waals surface area contributed by atoms with E-state index in [-0.39, 0.29) is 6.04 Å². The van der Waals surface area contributed by atoms with Crippen LogP contribution in [0.5, 0.6) is 0 Å². The van der Waals surface area contributed by atoms with E-state index in [1.54, 1.807) is 0 Å². The lowest BCUT2D eigenvalue weighted by Crippen LogP contribution is -2.32. The van der Waals surface area contributed by atoms with Crippen LogP contribution in [0.3, 0.4) is 0 Å². The molecule has 0 saturated heterocycles. The summed E-state index contributed by atoms with van der Waals surface area (Å²) in [6.45, 7) is 3.91. The van der Waals surface area contributed by atoms with Crippen molar-refractivity contribution in [2.45, 2.75) is 19.5 Å². The van der Waals surface area contributed by atoms with Gasteiger partial charge in [0.15, 0.2) is 0 Å². The molecule has 124 valence electrons. The molecule has 0 amide bonds. The van der Waals surface area contributed by atoms with Gasteiger partial charge in [0.2, 0.25) is 5.95 Å². The normalized spacial score (nSPS) is 12.5. The lowest BCUT2D eigenvalue weighted by atomic mass is 10.2. The molecule has 2 aromatic carbocycles. The molecule has 24 heavy (non-hydrogen) atoms. The number of benzene rings is 2. The zero-order valence-electron chi connectivity index (χ0n) is 14.1. The summed E-state index contributed by atoms with van der Waals surface area (Å²) in [7, 11) is 2.11. The molecule has 3 aromatic rings. The number of fused-ring (bicyclic) bond motifs is 1. The molecule has 0 bridgehead atoms. The molecular formula is C19H23N5. The average Bonchev–Trinajstić information content (AvgIpc) is 2.55. The Morgan fingerprint density at radius 1 is 1.04 bits per heavy atom. The van der Waals surface area contributed by atoms with Crippen molar-refractivity contribution in [3.63, 3.8) is 0 Å². The number of nitrogen functional groups attached to an aromatic ring is 1. The highest BCUT2D eigenvalue weighted by atomic mass is 15.2. The van der Waals surface area contributed by atoms with Crippen LogP contribution < -0.4 is 11.1 Å². The highest BCUT2D eigenvalue weighted by molar-refractivity contribution is 5.88. The fourth-order valence-electron chi connectivity index (χ4n) is 2.86. The Hall–Kier alpha value is -2.66. The zero-order valence-corrected chi connectivity index (χ0v) is 14.1. The van der Waals surface area contributed by atoms with Gasteiger partial charge in [0, 0.05) is 24.5 Å². The number of likely N-dealkylation sites (N-methyl/N-ethyl adjacent to an activating group) is 1. The molecule has 3 rings (SSSR count). The van der Waals surface area contributed by atoms with Gasteiger partial charge in [-0.1, -0.05) is 42.5 Å². The molecule has 1 atom stereocenters. The van der Waals surface area contributed by atoms with Gasteiger partial charge >= 0.3 is 0 Å². The molecule has 0 aliphatic heterocycles. The standard InChI is InChI=1S/C19H23N5/c1-14(12-24(2)13-15-8-4-3-5-9-15)21-19-22-17-11-7-6-10-16(17)18(20)23-19/h3-11,14H,12-13H2,1-2H3,(H3,20,21,22,23)/t14-/m0/s1. The summed E-state index contributed by atoms with van der Waals surface area (Å²) in [5, 5.41) is 4.23. The molecule has 5 heteroatoms. The maximum Gasteiger partial charge on any atom is 0.225 e. The molecule has 0 saturated carbocycles. The summed E-state index contributed by atoms with van der Waals surface area (Å²) in [5.41, 5.74) is 8.20. The van der Waals surface area contributed by atoms with Crippen molar-refractivity contribution < 1.29 is 0 Å². The second kappa shape index (κ2) is 7.27. The van der Waals surface area contributed by atoms with E-state index in [1.165, 1.54) is 5.56 Å². The Balaban J connectivity index is 1.63. The summed E-state index contributed by atoms with van der Waals surface area (Å²) >= 11 is 0. The molecule has 1 aromatic heterocycles. The van der Waals surface area contributed by atoms with E-state index < -0.39 is 0 Å². The first-order valence-electron chi connectivity index (χ1n) is 8.13. The number of nitrogens with zero attached hydrogens (tertiary/aromatic N) is 3. The van der Waals surface area contributed by atoms with Crippen LogP contribution in [0.4, 0.5) is 11.8 Å². The van der Waals surface area contributed by atoms with E-state index in [0.717, 1.165) is 24.0 Å². The maximum absolute atomic E-state index is 6.03. The van der Waals surface area contributed by atoms with Crippen LogP contribution in [-0.2, 0) is 6.54 Å². The van der Waals surface area contributed by atoms with E-state index >= 15 is 0 Å². The minimum absolute atomic E-state index is 0.208. The Morgan fingerprint density at radius 2 is 1.75 bits per heavy atom. The van der Waals surface area contributed by atoms with Crippen LogP contribution in [0.25, 0.3) is 10.9 Å².